The third-order valence-electron chi connectivity index (χ3n) is 20.7. The summed E-state index contributed by atoms with van der Waals surface area (Å²) >= 11 is 5.34. The van der Waals surface area contributed by atoms with E-state index in [0.717, 1.165) is 121 Å². The maximum absolute atomic E-state index is 6.57. The SMILES string of the molecule is c1ccc(-c2nc(-c3ccc4c5c3oc3ccc6cccc(c6c35)S4)nc3c2oc2ccccc23)cc1.c1ccc(-c2nc(-c3ccccc3)nc(-c3cc4c5c(c3)oc3ccc6cccc(c6c35)S4)n2)cc1.c1ccc(-c2nc(-c3ccccc3)nc(-c3ccc4oc5ccc6cccc7c6c5c4c3S7)n2)cc1. The minimum atomic E-state index is 0.628. The Morgan fingerprint density at radius 2 is 0.624 bits per heavy atom. The van der Waals surface area contributed by atoms with Gasteiger partial charge in [0.2, 0.25) is 0 Å². The summed E-state index contributed by atoms with van der Waals surface area (Å²) in [4.78, 5) is 46.9. The minimum absolute atomic E-state index is 0.628. The van der Waals surface area contributed by atoms with E-state index in [2.05, 4.69) is 140 Å². The van der Waals surface area contributed by atoms with Crippen LogP contribution in [0.25, 0.3) is 211 Å². The average molecular weight is 1450 g/mol. The fourth-order valence-electron chi connectivity index (χ4n) is 15.8. The molecule has 15 aromatic carbocycles. The van der Waals surface area contributed by atoms with E-state index in [-0.39, 0.29) is 0 Å². The van der Waals surface area contributed by atoms with Crippen LogP contribution >= 0.6 is 35.3 Å². The Kier molecular flexibility index (Phi) is 13.9. The second-order valence-electron chi connectivity index (χ2n) is 27.1. The third-order valence-corrected chi connectivity index (χ3v) is 24.1. The smallest absolute Gasteiger partial charge is 0.180 e. The lowest BCUT2D eigenvalue weighted by Gasteiger charge is -2.17. The Balaban J connectivity index is 0.0000000984. The van der Waals surface area contributed by atoms with Crippen LogP contribution in [0.4, 0.5) is 0 Å². The Labute approximate surface area is 632 Å². The van der Waals surface area contributed by atoms with E-state index in [9.17, 15) is 0 Å². The summed E-state index contributed by atoms with van der Waals surface area (Å²) in [7, 11) is 0. The maximum atomic E-state index is 6.57. The second kappa shape index (κ2) is 24.5. The molecule has 508 valence electrons. The summed E-state index contributed by atoms with van der Waals surface area (Å²) in [5, 5.41) is 15.5. The highest BCUT2D eigenvalue weighted by Gasteiger charge is 2.30. The molecule has 10 heterocycles. The predicted octanol–water partition coefficient (Wildman–Crippen LogP) is 26.0. The first-order chi connectivity index (χ1) is 54.0. The summed E-state index contributed by atoms with van der Waals surface area (Å²) in [5.41, 5.74) is 16.0. The van der Waals surface area contributed by atoms with Gasteiger partial charge in [-0.05, 0) is 101 Å². The molecule has 7 aromatic heterocycles. The second-order valence-corrected chi connectivity index (χ2v) is 30.3. The van der Waals surface area contributed by atoms with Crippen LogP contribution in [0.1, 0.15) is 0 Å². The van der Waals surface area contributed by atoms with Crippen molar-refractivity contribution in [2.75, 3.05) is 0 Å². The van der Waals surface area contributed by atoms with Crippen LogP contribution < -0.4 is 0 Å². The van der Waals surface area contributed by atoms with Gasteiger partial charge >= 0.3 is 0 Å². The van der Waals surface area contributed by atoms with E-state index in [1.54, 1.807) is 35.3 Å². The van der Waals surface area contributed by atoms with Gasteiger partial charge in [0, 0.05) is 122 Å². The number of hydrogen-bond donors (Lipinski definition) is 0. The van der Waals surface area contributed by atoms with E-state index in [4.69, 9.17) is 57.5 Å². The molecule has 12 nitrogen and oxygen atoms in total. The van der Waals surface area contributed by atoms with Crippen molar-refractivity contribution in [3.8, 4) is 91.0 Å². The van der Waals surface area contributed by atoms with Gasteiger partial charge in [-0.2, -0.15) is 0 Å². The molecule has 0 N–H and O–H groups in total. The number of hydrogen-bond acceptors (Lipinski definition) is 15. The number of rotatable bonds is 8. The van der Waals surface area contributed by atoms with Gasteiger partial charge in [-0.15, -0.1) is 0 Å². The molecule has 0 saturated carbocycles. The van der Waals surface area contributed by atoms with Crippen molar-refractivity contribution in [3.05, 3.63) is 303 Å². The number of nitrogens with zero attached hydrogens (tertiary/aromatic N) is 8. The Hall–Kier alpha value is -13.6. The molecule has 0 radical (unpaired) electrons. The number of fused-ring (bicyclic) bond motifs is 3. The van der Waals surface area contributed by atoms with Gasteiger partial charge in [0.15, 0.2) is 46.4 Å². The normalized spacial score (nSPS) is 12.5. The summed E-state index contributed by atoms with van der Waals surface area (Å²) in [6.07, 6.45) is 0. The van der Waals surface area contributed by atoms with Crippen LogP contribution in [-0.4, -0.2) is 39.9 Å². The monoisotopic (exact) mass is 1450 g/mol. The molecule has 0 unspecified atom stereocenters. The molecule has 25 rings (SSSR count). The number of para-hydroxylation sites is 1. The first-order valence-electron chi connectivity index (χ1n) is 35.8. The molecule has 0 amide bonds. The zero-order chi connectivity index (χ0) is 71.4. The quantitative estimate of drug-likeness (QED) is 0.141. The Morgan fingerprint density at radius 3 is 1.19 bits per heavy atom. The molecule has 15 heteroatoms. The van der Waals surface area contributed by atoms with Gasteiger partial charge in [0.25, 0.3) is 0 Å². The van der Waals surface area contributed by atoms with Crippen molar-refractivity contribution in [2.24, 2.45) is 0 Å². The van der Waals surface area contributed by atoms with Crippen molar-refractivity contribution in [1.82, 2.24) is 39.9 Å². The van der Waals surface area contributed by atoms with E-state index in [0.29, 0.717) is 46.4 Å². The lowest BCUT2D eigenvalue weighted by atomic mass is 10.0. The Bertz CT molecular complexity index is 7460. The molecular weight excluding hydrogens is 1400 g/mol. The van der Waals surface area contributed by atoms with Crippen molar-refractivity contribution in [1.29, 1.82) is 0 Å². The lowest BCUT2D eigenvalue weighted by molar-refractivity contribution is 0.666. The Morgan fingerprint density at radius 1 is 0.211 bits per heavy atom. The van der Waals surface area contributed by atoms with Crippen LogP contribution in [0, 0.1) is 0 Å². The van der Waals surface area contributed by atoms with Crippen molar-refractivity contribution in [2.45, 2.75) is 29.4 Å². The summed E-state index contributed by atoms with van der Waals surface area (Å²) in [5.74, 6) is 4.54. The molecule has 109 heavy (non-hydrogen) atoms. The van der Waals surface area contributed by atoms with Crippen molar-refractivity contribution < 1.29 is 17.7 Å². The molecule has 3 aliphatic rings. The first kappa shape index (κ1) is 61.7. The fourth-order valence-corrected chi connectivity index (χ4v) is 19.4. The van der Waals surface area contributed by atoms with E-state index >= 15 is 0 Å². The molecule has 0 fully saturated rings. The summed E-state index contributed by atoms with van der Waals surface area (Å²) in [6, 6.07) is 103. The van der Waals surface area contributed by atoms with Crippen LogP contribution in [0.15, 0.2) is 350 Å². The molecule has 0 saturated heterocycles. The van der Waals surface area contributed by atoms with E-state index in [1.807, 2.05) is 164 Å². The zero-order valence-electron chi connectivity index (χ0n) is 57.3. The summed E-state index contributed by atoms with van der Waals surface area (Å²) in [6.45, 7) is 0. The van der Waals surface area contributed by atoms with Crippen molar-refractivity contribution in [3.63, 3.8) is 0 Å². The van der Waals surface area contributed by atoms with Crippen LogP contribution in [-0.2, 0) is 0 Å². The maximum Gasteiger partial charge on any atom is 0.180 e. The van der Waals surface area contributed by atoms with Gasteiger partial charge in [-0.1, -0.05) is 254 Å². The first-order valence-corrected chi connectivity index (χ1v) is 38.2. The lowest BCUT2D eigenvalue weighted by Crippen LogP contribution is -2.01. The van der Waals surface area contributed by atoms with Gasteiger partial charge in [-0.3, -0.25) is 0 Å². The topological polar surface area (TPSA) is 156 Å². The molecule has 22 aromatic rings. The third kappa shape index (κ3) is 9.97. The highest BCUT2D eigenvalue weighted by atomic mass is 32.2. The molecule has 0 spiro atoms. The average Bonchev–Trinajstić information content (AvgIpc) is 1.60. The van der Waals surface area contributed by atoms with Crippen molar-refractivity contribution >= 4 is 155 Å². The minimum Gasteiger partial charge on any atom is -0.456 e. The molecule has 0 aliphatic carbocycles. The van der Waals surface area contributed by atoms with E-state index in [1.165, 1.54) is 73.4 Å². The number of aromatic nitrogens is 8. The highest BCUT2D eigenvalue weighted by Crippen LogP contribution is 2.55. The van der Waals surface area contributed by atoms with Gasteiger partial charge in [-0.25, -0.2) is 39.9 Å². The summed E-state index contributed by atoms with van der Waals surface area (Å²) < 4.78 is 25.5. The zero-order valence-corrected chi connectivity index (χ0v) is 59.8. The molecular formula is C94H50N8O4S3. The van der Waals surface area contributed by atoms with Crippen LogP contribution in [0.3, 0.4) is 0 Å². The highest BCUT2D eigenvalue weighted by molar-refractivity contribution is 8.00. The standard InChI is InChI=1S/C32H16N2O2S.2C31H17N3OS/c1-2-7-18(8-3-1)28-31-29(19-10-4-5-11-21(19)35-31)34-32(33-28)20-14-16-24-27-26-22(36-30(20)27)15-13-17-9-6-12-23(37-24)25(17)26;1-3-8-19(9-4-1)29-32-30(20-10-5-2-6-11-20)34-31(33-29)21-15-17-23-27-26-22(35-23)16-14-18-12-7-13-24(25(18)26)36-28(21)27;1-3-8-19(9-4-1)29-32-30(20-10-5-2-6-11-20)34-31(33-29)21-16-23-27-25(17-21)36-24-13-7-12-18-14-15-22(35-23)28(27)26(18)24/h1-16H;2*1-17H. The van der Waals surface area contributed by atoms with Gasteiger partial charge in [0.05, 0.1) is 5.56 Å². The van der Waals surface area contributed by atoms with E-state index < -0.39 is 0 Å². The van der Waals surface area contributed by atoms with Gasteiger partial charge < -0.3 is 17.7 Å². The predicted molar refractivity (Wildman–Crippen MR) is 439 cm³/mol. The number of furan rings is 4. The molecule has 3 aliphatic heterocycles. The largest absolute Gasteiger partial charge is 0.456 e. The van der Waals surface area contributed by atoms with Crippen LogP contribution in [0.5, 0.6) is 0 Å². The van der Waals surface area contributed by atoms with Gasteiger partial charge in [0.1, 0.15) is 50.3 Å². The fraction of sp³-hybridized carbons (Fsp3) is 0. The number of benzene rings is 15. The van der Waals surface area contributed by atoms with Crippen LogP contribution in [0.2, 0.25) is 0 Å². The molecule has 0 atom stereocenters. The molecule has 0 bridgehead atoms.